The molecule has 156 valence electrons. The van der Waals surface area contributed by atoms with Crippen molar-refractivity contribution < 1.29 is 0 Å². The molecule has 1 fully saturated rings. The Morgan fingerprint density at radius 2 is 1.87 bits per heavy atom. The molecule has 0 saturated carbocycles. The molecule has 0 aromatic carbocycles. The number of hydrogen-bond acceptors (Lipinski definition) is 7. The Hall–Kier alpha value is -3.23. The van der Waals surface area contributed by atoms with Crippen molar-refractivity contribution in [1.82, 2.24) is 34.3 Å². The lowest BCUT2D eigenvalue weighted by molar-refractivity contribution is 0.483. The van der Waals surface area contributed by atoms with Crippen molar-refractivity contribution in [3.05, 3.63) is 36.0 Å². The number of aromatic nitrogens is 7. The van der Waals surface area contributed by atoms with Crippen LogP contribution in [0, 0.1) is 6.92 Å². The molecule has 30 heavy (non-hydrogen) atoms. The zero-order chi connectivity index (χ0) is 21.2. The summed E-state index contributed by atoms with van der Waals surface area (Å²) in [7, 11) is 4.18. The first-order valence-electron chi connectivity index (χ1n) is 10.2. The Morgan fingerprint density at radius 1 is 1.10 bits per heavy atom. The number of nitrogens with zero attached hydrogens (tertiary/aromatic N) is 9. The lowest BCUT2D eigenvalue weighted by Crippen LogP contribution is -2.59. The van der Waals surface area contributed by atoms with Gasteiger partial charge in [0.2, 0.25) is 0 Å². The van der Waals surface area contributed by atoms with E-state index in [9.17, 15) is 0 Å². The Labute approximate surface area is 175 Å². The summed E-state index contributed by atoms with van der Waals surface area (Å²) in [4.78, 5) is 13.6. The van der Waals surface area contributed by atoms with Gasteiger partial charge in [0, 0.05) is 38.3 Å². The van der Waals surface area contributed by atoms with Gasteiger partial charge in [-0.05, 0) is 25.1 Å². The second-order valence-electron chi connectivity index (χ2n) is 9.18. The van der Waals surface area contributed by atoms with E-state index in [1.165, 1.54) is 5.69 Å². The van der Waals surface area contributed by atoms with E-state index in [4.69, 9.17) is 5.10 Å². The van der Waals surface area contributed by atoms with Crippen molar-refractivity contribution >= 4 is 28.3 Å². The normalized spacial score (nSPS) is 15.2. The summed E-state index contributed by atoms with van der Waals surface area (Å²) >= 11 is 0. The number of hydrogen-bond donors (Lipinski definition) is 0. The van der Waals surface area contributed by atoms with Crippen molar-refractivity contribution in [2.24, 2.45) is 7.05 Å². The van der Waals surface area contributed by atoms with Crippen LogP contribution in [0.4, 0.5) is 11.6 Å². The number of fused-ring (bicyclic) bond motifs is 2. The molecule has 1 aliphatic heterocycles. The summed E-state index contributed by atoms with van der Waals surface area (Å²) in [6.45, 7) is 10.2. The Balaban J connectivity index is 1.39. The molecular formula is C21H27N9. The van der Waals surface area contributed by atoms with Crippen LogP contribution in [0.25, 0.3) is 16.7 Å². The third-order valence-corrected chi connectivity index (χ3v) is 6.03. The molecule has 9 nitrogen and oxygen atoms in total. The van der Waals surface area contributed by atoms with Crippen LogP contribution >= 0.6 is 0 Å². The Morgan fingerprint density at radius 3 is 2.60 bits per heavy atom. The summed E-state index contributed by atoms with van der Waals surface area (Å²) in [5, 5.41) is 13.4. The molecule has 1 saturated heterocycles. The average Bonchev–Trinajstić information content (AvgIpc) is 3.21. The standard InChI is InChI=1S/C21H27N9/c1-13-9-15-18(27(13)5)19(23-12-22-15)28(6)14-10-29(11-14)17-8-7-16-24-25-20(21(2,3)4)30(16)26-17/h7-9,12,14H,10-11H2,1-6H3. The van der Waals surface area contributed by atoms with Crippen LogP contribution in [-0.2, 0) is 12.5 Å². The second-order valence-corrected chi connectivity index (χ2v) is 9.18. The van der Waals surface area contributed by atoms with E-state index in [0.29, 0.717) is 6.04 Å². The van der Waals surface area contributed by atoms with E-state index in [0.717, 1.165) is 47.2 Å². The van der Waals surface area contributed by atoms with Crippen LogP contribution in [-0.4, -0.2) is 60.5 Å². The topological polar surface area (TPSA) is 80.3 Å². The minimum atomic E-state index is -0.117. The first-order chi connectivity index (χ1) is 14.2. The zero-order valence-electron chi connectivity index (χ0n) is 18.3. The molecule has 4 aromatic heterocycles. The molecule has 0 radical (unpaired) electrons. The quantitative estimate of drug-likeness (QED) is 0.517. The highest BCUT2D eigenvalue weighted by molar-refractivity contribution is 5.87. The van der Waals surface area contributed by atoms with E-state index in [-0.39, 0.29) is 5.41 Å². The SMILES string of the molecule is Cc1cc2ncnc(N(C)C3CN(c4ccc5nnc(C(C)(C)C)n5n4)C3)c2n1C. The highest BCUT2D eigenvalue weighted by atomic mass is 15.4. The number of anilines is 2. The molecule has 0 amide bonds. The van der Waals surface area contributed by atoms with Crippen molar-refractivity contribution in [2.45, 2.75) is 39.2 Å². The fourth-order valence-electron chi connectivity index (χ4n) is 4.02. The molecule has 0 N–H and O–H groups in total. The third kappa shape index (κ3) is 2.79. The summed E-state index contributed by atoms with van der Waals surface area (Å²) in [6, 6.07) is 6.48. The van der Waals surface area contributed by atoms with Gasteiger partial charge in [0.1, 0.15) is 17.7 Å². The monoisotopic (exact) mass is 405 g/mol. The van der Waals surface area contributed by atoms with Gasteiger partial charge in [-0.3, -0.25) is 0 Å². The van der Waals surface area contributed by atoms with E-state index in [1.54, 1.807) is 6.33 Å². The van der Waals surface area contributed by atoms with Crippen molar-refractivity contribution in [3.8, 4) is 0 Å². The minimum absolute atomic E-state index is 0.117. The summed E-state index contributed by atoms with van der Waals surface area (Å²) in [6.07, 6.45) is 1.65. The Kier molecular flexibility index (Phi) is 4.00. The maximum atomic E-state index is 4.83. The number of aryl methyl sites for hydroxylation is 2. The molecule has 0 bridgehead atoms. The van der Waals surface area contributed by atoms with Crippen LogP contribution in [0.15, 0.2) is 24.5 Å². The lowest BCUT2D eigenvalue weighted by Gasteiger charge is -2.45. The van der Waals surface area contributed by atoms with Crippen LogP contribution < -0.4 is 9.80 Å². The minimum Gasteiger partial charge on any atom is -0.351 e. The first-order valence-corrected chi connectivity index (χ1v) is 10.2. The number of likely N-dealkylation sites (N-methyl/N-ethyl adjacent to an activating group) is 1. The molecule has 9 heteroatoms. The van der Waals surface area contributed by atoms with Gasteiger partial charge in [0.25, 0.3) is 0 Å². The summed E-state index contributed by atoms with van der Waals surface area (Å²) in [5.74, 6) is 2.79. The fraction of sp³-hybridized carbons (Fsp3) is 0.476. The third-order valence-electron chi connectivity index (χ3n) is 6.03. The van der Waals surface area contributed by atoms with Gasteiger partial charge in [-0.25, -0.2) is 9.97 Å². The molecule has 0 spiro atoms. The molecule has 4 aromatic rings. The van der Waals surface area contributed by atoms with Crippen LogP contribution in [0.5, 0.6) is 0 Å². The van der Waals surface area contributed by atoms with Crippen LogP contribution in [0.1, 0.15) is 32.3 Å². The van der Waals surface area contributed by atoms with Gasteiger partial charge in [0.15, 0.2) is 17.3 Å². The molecule has 5 heterocycles. The van der Waals surface area contributed by atoms with E-state index in [1.807, 2.05) is 16.6 Å². The first kappa shape index (κ1) is 18.8. The molecule has 1 aliphatic rings. The smallest absolute Gasteiger partial charge is 0.178 e. The van der Waals surface area contributed by atoms with E-state index >= 15 is 0 Å². The van der Waals surface area contributed by atoms with Gasteiger partial charge in [-0.15, -0.1) is 15.3 Å². The lowest BCUT2D eigenvalue weighted by atomic mass is 9.96. The van der Waals surface area contributed by atoms with Crippen molar-refractivity contribution in [3.63, 3.8) is 0 Å². The Bertz CT molecular complexity index is 1240. The average molecular weight is 406 g/mol. The molecule has 0 atom stereocenters. The zero-order valence-corrected chi connectivity index (χ0v) is 18.3. The molecular weight excluding hydrogens is 378 g/mol. The van der Waals surface area contributed by atoms with Gasteiger partial charge in [-0.1, -0.05) is 20.8 Å². The van der Waals surface area contributed by atoms with Crippen LogP contribution in [0.2, 0.25) is 0 Å². The van der Waals surface area contributed by atoms with Crippen LogP contribution in [0.3, 0.4) is 0 Å². The van der Waals surface area contributed by atoms with Crippen molar-refractivity contribution in [2.75, 3.05) is 29.9 Å². The summed E-state index contributed by atoms with van der Waals surface area (Å²) < 4.78 is 4.03. The predicted octanol–water partition coefficient (Wildman–Crippen LogP) is 2.34. The van der Waals surface area contributed by atoms with E-state index in [2.05, 4.69) is 82.4 Å². The fourth-order valence-corrected chi connectivity index (χ4v) is 4.02. The van der Waals surface area contributed by atoms with Gasteiger partial charge in [-0.2, -0.15) is 4.52 Å². The summed E-state index contributed by atoms with van der Waals surface area (Å²) in [5.41, 5.74) is 3.90. The van der Waals surface area contributed by atoms with E-state index < -0.39 is 0 Å². The predicted molar refractivity (Wildman–Crippen MR) is 117 cm³/mol. The maximum absolute atomic E-state index is 4.83. The van der Waals surface area contributed by atoms with Gasteiger partial charge in [0.05, 0.1) is 11.6 Å². The molecule has 0 unspecified atom stereocenters. The molecule has 5 rings (SSSR count). The molecule has 0 aliphatic carbocycles. The number of rotatable bonds is 3. The largest absolute Gasteiger partial charge is 0.351 e. The highest BCUT2D eigenvalue weighted by Gasteiger charge is 2.33. The second kappa shape index (κ2) is 6.38. The maximum Gasteiger partial charge on any atom is 0.178 e. The highest BCUT2D eigenvalue weighted by Crippen LogP contribution is 2.30. The van der Waals surface area contributed by atoms with Gasteiger partial charge >= 0.3 is 0 Å². The van der Waals surface area contributed by atoms with Gasteiger partial charge < -0.3 is 14.4 Å². The van der Waals surface area contributed by atoms with Crippen molar-refractivity contribution in [1.29, 1.82) is 0 Å².